The van der Waals surface area contributed by atoms with Crippen molar-refractivity contribution in [2.45, 2.75) is 6.92 Å². The number of rotatable bonds is 9. The van der Waals surface area contributed by atoms with E-state index in [9.17, 15) is 44.0 Å². The van der Waals surface area contributed by atoms with E-state index in [-0.39, 0.29) is 31.9 Å². The van der Waals surface area contributed by atoms with Crippen LogP contribution in [-0.4, -0.2) is 54.5 Å². The van der Waals surface area contributed by atoms with Gasteiger partial charge >= 0.3 is 29.8 Å². The Kier molecular flexibility index (Phi) is 6.93. The van der Waals surface area contributed by atoms with Crippen LogP contribution in [-0.2, 0) is 4.57 Å². The average molecular weight is 652 g/mol. The minimum atomic E-state index is -4.79. The summed E-state index contributed by atoms with van der Waals surface area (Å²) in [4.78, 5) is 85.6. The first kappa shape index (κ1) is 29.4. The number of hydrogen-bond acceptors (Lipinski definition) is 13. The Hall–Kier alpha value is -6.63. The van der Waals surface area contributed by atoms with E-state index in [1.54, 1.807) is 0 Å². The Balaban J connectivity index is 1.53. The molecule has 0 aliphatic rings. The minimum absolute atomic E-state index is 0.0519. The number of nitro benzene ring substituents is 2. The predicted octanol–water partition coefficient (Wildman–Crippen LogP) is 0.651. The summed E-state index contributed by atoms with van der Waals surface area (Å²) >= 11 is 0. The third-order valence-corrected chi connectivity index (χ3v) is 8.23. The molecule has 46 heavy (non-hydrogen) atoms. The molecule has 0 amide bonds. The highest BCUT2D eigenvalue weighted by Crippen LogP contribution is 2.41. The quantitative estimate of drug-likeness (QED) is 0.0941. The van der Waals surface area contributed by atoms with Crippen molar-refractivity contribution in [2.24, 2.45) is 0 Å². The summed E-state index contributed by atoms with van der Waals surface area (Å²) in [5.41, 5.74) is -7.87. The second kappa shape index (κ2) is 10.8. The van der Waals surface area contributed by atoms with Gasteiger partial charge in [-0.15, -0.1) is 9.46 Å². The van der Waals surface area contributed by atoms with E-state index in [4.69, 9.17) is 9.25 Å². The molecule has 21 nitrogen and oxygen atoms in total. The average Bonchev–Trinajstić information content (AvgIpc) is 3.76. The Bertz CT molecular complexity index is 2330. The molecule has 0 aliphatic carbocycles. The number of nitrogens with zero attached hydrogens (tertiary/aromatic N) is 8. The lowest BCUT2D eigenvalue weighted by molar-refractivity contribution is -0.384. The number of nitro groups is 2. The first-order valence-electron chi connectivity index (χ1n) is 12.8. The van der Waals surface area contributed by atoms with Crippen LogP contribution in [0, 0.1) is 20.2 Å². The molecular formula is C24H17N10O11P. The van der Waals surface area contributed by atoms with Crippen molar-refractivity contribution in [1.82, 2.24) is 38.5 Å². The first-order valence-corrected chi connectivity index (χ1v) is 14.5. The van der Waals surface area contributed by atoms with Crippen LogP contribution in [0.5, 0.6) is 0 Å². The number of hydrogen-bond donors (Lipinski definition) is 2. The summed E-state index contributed by atoms with van der Waals surface area (Å²) < 4.78 is 27.8. The fraction of sp³-hybridized carbons (Fsp3) is 0.0833. The Labute approximate surface area is 251 Å². The highest BCUT2D eigenvalue weighted by atomic mass is 31.2. The third-order valence-electron chi connectivity index (χ3n) is 6.64. The fourth-order valence-corrected chi connectivity index (χ4v) is 5.56. The van der Waals surface area contributed by atoms with Gasteiger partial charge in [0.15, 0.2) is 0 Å². The van der Waals surface area contributed by atoms with Crippen molar-refractivity contribution >= 4 is 41.0 Å². The van der Waals surface area contributed by atoms with Crippen LogP contribution in [0.3, 0.4) is 0 Å². The summed E-state index contributed by atoms with van der Waals surface area (Å²) in [6.07, 6.45) is 7.40. The molecule has 234 valence electrons. The molecule has 0 saturated heterocycles. The topological polar surface area (TPSA) is 267 Å². The predicted molar refractivity (Wildman–Crippen MR) is 157 cm³/mol. The molecule has 4 aromatic heterocycles. The maximum atomic E-state index is 14.0. The van der Waals surface area contributed by atoms with Crippen LogP contribution < -0.4 is 31.5 Å². The normalized spacial score (nSPS) is 11.6. The van der Waals surface area contributed by atoms with Crippen LogP contribution in [0.1, 0.15) is 6.92 Å². The van der Waals surface area contributed by atoms with Gasteiger partial charge in [0.05, 0.1) is 39.7 Å². The molecule has 0 unspecified atom stereocenters. The molecule has 0 atom stereocenters. The molecular weight excluding hydrogens is 635 g/mol. The molecule has 0 fully saturated rings. The number of benzene rings is 2. The SMILES string of the molecule is CCP(=O)(On1c(=O)c(=O)[nH]c2cc(-n3ccnc3)c([N+](=O)[O-])cc21)On1c(=O)c(=O)[nH]c2cc(-n3ccnc3)c([N+](=O)[O-])cc21. The molecule has 6 rings (SSSR count). The largest absolute Gasteiger partial charge is 0.467 e. The monoisotopic (exact) mass is 652 g/mol. The van der Waals surface area contributed by atoms with Gasteiger partial charge in [-0.3, -0.25) is 39.4 Å². The molecule has 6 aromatic rings. The molecule has 0 saturated carbocycles. The lowest BCUT2D eigenvalue weighted by atomic mass is 10.2. The number of nitrogens with one attached hydrogen (secondary N) is 2. The lowest BCUT2D eigenvalue weighted by Gasteiger charge is -2.21. The van der Waals surface area contributed by atoms with E-state index >= 15 is 0 Å². The van der Waals surface area contributed by atoms with Gasteiger partial charge in [-0.25, -0.2) is 14.5 Å². The summed E-state index contributed by atoms with van der Waals surface area (Å²) in [5.74, 6) is 0. The van der Waals surface area contributed by atoms with Crippen LogP contribution >= 0.6 is 7.60 Å². The molecule has 0 spiro atoms. The van der Waals surface area contributed by atoms with Crippen molar-refractivity contribution in [2.75, 3.05) is 6.16 Å². The first-order chi connectivity index (χ1) is 21.9. The number of fused-ring (bicyclic) bond motifs is 2. The maximum Gasteiger partial charge on any atom is 0.467 e. The third kappa shape index (κ3) is 4.91. The Morgan fingerprint density at radius 1 is 0.761 bits per heavy atom. The zero-order chi connectivity index (χ0) is 32.9. The number of H-pyrrole nitrogens is 2. The van der Waals surface area contributed by atoms with Gasteiger partial charge in [-0.2, -0.15) is 0 Å². The lowest BCUT2D eigenvalue weighted by Crippen LogP contribution is -2.42. The molecule has 0 aliphatic heterocycles. The number of aromatic amines is 2. The van der Waals surface area contributed by atoms with Crippen LogP contribution in [0.25, 0.3) is 33.4 Å². The van der Waals surface area contributed by atoms with Crippen molar-refractivity contribution in [1.29, 1.82) is 0 Å². The van der Waals surface area contributed by atoms with E-state index in [0.29, 0.717) is 0 Å². The molecule has 2 aromatic carbocycles. The summed E-state index contributed by atoms with van der Waals surface area (Å²) in [6.45, 7) is 1.25. The van der Waals surface area contributed by atoms with Crippen LogP contribution in [0.4, 0.5) is 11.4 Å². The molecule has 2 N–H and O–H groups in total. The van der Waals surface area contributed by atoms with E-state index in [1.807, 2.05) is 0 Å². The second-order valence-corrected chi connectivity index (χ2v) is 11.5. The molecule has 0 radical (unpaired) electrons. The molecule has 4 heterocycles. The zero-order valence-corrected chi connectivity index (χ0v) is 23.9. The van der Waals surface area contributed by atoms with Crippen molar-refractivity contribution in [3.63, 3.8) is 0 Å². The maximum absolute atomic E-state index is 14.0. The van der Waals surface area contributed by atoms with Crippen LogP contribution in [0.2, 0.25) is 0 Å². The zero-order valence-electron chi connectivity index (χ0n) is 23.0. The van der Waals surface area contributed by atoms with Crippen molar-refractivity contribution in [3.8, 4) is 11.4 Å². The fourth-order valence-electron chi connectivity index (χ4n) is 4.47. The molecule has 22 heteroatoms. The van der Waals surface area contributed by atoms with E-state index < -0.39 is 68.2 Å². The van der Waals surface area contributed by atoms with Gasteiger partial charge < -0.3 is 28.4 Å². The van der Waals surface area contributed by atoms with Gasteiger partial charge in [0.25, 0.3) is 11.4 Å². The highest BCUT2D eigenvalue weighted by Gasteiger charge is 2.32. The summed E-state index contributed by atoms with van der Waals surface area (Å²) in [6, 6.07) is 4.05. The Morgan fingerprint density at radius 2 is 1.17 bits per heavy atom. The van der Waals surface area contributed by atoms with E-state index in [1.165, 1.54) is 53.5 Å². The number of imidazole rings is 2. The smallest absolute Gasteiger partial charge is 0.318 e. The standard InChI is InChI=1S/C24H17N10O11P/c1-2-46(43,44-31-15-9-19(33(39)40)17(29-5-3-25-11-29)7-13(15)27-21(35)23(31)37)45-32-16-10-20(34(41)42)18(30-6-4-26-12-30)8-14(16)28-22(36)24(32)38/h3-12H,2H2,1H3,(H,27,35)(H,28,36). The van der Waals surface area contributed by atoms with Gasteiger partial charge in [0, 0.05) is 36.9 Å². The van der Waals surface area contributed by atoms with Gasteiger partial charge in [-0.1, -0.05) is 6.92 Å². The second-order valence-electron chi connectivity index (χ2n) is 9.37. The highest BCUT2D eigenvalue weighted by molar-refractivity contribution is 7.54. The van der Waals surface area contributed by atoms with Gasteiger partial charge in [0.1, 0.15) is 22.4 Å². The van der Waals surface area contributed by atoms with E-state index in [2.05, 4.69) is 19.9 Å². The summed E-state index contributed by atoms with van der Waals surface area (Å²) in [5, 5.41) is 23.9. The molecule has 0 bridgehead atoms. The van der Waals surface area contributed by atoms with Crippen molar-refractivity contribution in [3.05, 3.63) is 123 Å². The Morgan fingerprint density at radius 3 is 1.50 bits per heavy atom. The van der Waals surface area contributed by atoms with Gasteiger partial charge in [-0.05, 0) is 12.1 Å². The minimum Gasteiger partial charge on any atom is -0.318 e. The van der Waals surface area contributed by atoms with Gasteiger partial charge in [0.2, 0.25) is 0 Å². The number of aromatic nitrogens is 8. The summed E-state index contributed by atoms with van der Waals surface area (Å²) in [7, 11) is -4.79. The van der Waals surface area contributed by atoms with Crippen LogP contribution in [0.15, 0.2) is 80.9 Å². The van der Waals surface area contributed by atoms with Crippen molar-refractivity contribution < 1.29 is 23.7 Å². The van der Waals surface area contributed by atoms with E-state index in [0.717, 1.165) is 24.3 Å².